The molecular formula is C21H26N2O4S. The zero-order chi connectivity index (χ0) is 19.8. The van der Waals surface area contributed by atoms with Crippen LogP contribution < -0.4 is 4.74 Å². The predicted octanol–water partition coefficient (Wildman–Crippen LogP) is 3.80. The van der Waals surface area contributed by atoms with Gasteiger partial charge in [-0.25, -0.2) is 9.78 Å². The van der Waals surface area contributed by atoms with Gasteiger partial charge >= 0.3 is 5.97 Å². The van der Waals surface area contributed by atoms with E-state index in [1.54, 1.807) is 12.3 Å². The Bertz CT molecular complexity index is 866. The van der Waals surface area contributed by atoms with Gasteiger partial charge in [0.2, 0.25) is 0 Å². The Morgan fingerprint density at radius 3 is 2.86 bits per heavy atom. The Labute approximate surface area is 169 Å². The minimum absolute atomic E-state index is 0.0359. The Morgan fingerprint density at radius 2 is 2.21 bits per heavy atom. The van der Waals surface area contributed by atoms with Crippen LogP contribution in [-0.4, -0.2) is 48.9 Å². The lowest BCUT2D eigenvalue weighted by molar-refractivity contribution is -0.182. The highest BCUT2D eigenvalue weighted by Crippen LogP contribution is 2.41. The van der Waals surface area contributed by atoms with Crippen LogP contribution in [-0.2, 0) is 9.57 Å². The minimum atomic E-state index is -0.393. The molecule has 28 heavy (non-hydrogen) atoms. The van der Waals surface area contributed by atoms with Crippen LogP contribution in [0.5, 0.6) is 5.75 Å². The van der Waals surface area contributed by atoms with Crippen molar-refractivity contribution >= 4 is 17.3 Å². The van der Waals surface area contributed by atoms with Crippen molar-refractivity contribution < 1.29 is 19.1 Å². The van der Waals surface area contributed by atoms with Gasteiger partial charge in [-0.1, -0.05) is 19.9 Å². The van der Waals surface area contributed by atoms with E-state index < -0.39 is 5.97 Å². The second kappa shape index (κ2) is 7.81. The van der Waals surface area contributed by atoms with Gasteiger partial charge < -0.3 is 9.47 Å². The van der Waals surface area contributed by atoms with Gasteiger partial charge in [-0.3, -0.25) is 4.84 Å². The molecule has 7 heteroatoms. The highest BCUT2D eigenvalue weighted by atomic mass is 32.1. The van der Waals surface area contributed by atoms with Crippen molar-refractivity contribution in [2.75, 3.05) is 26.8 Å². The first-order chi connectivity index (χ1) is 13.5. The summed E-state index contributed by atoms with van der Waals surface area (Å²) in [4.78, 5) is 23.9. The Hall–Kier alpha value is -1.96. The number of hydrogen-bond donors (Lipinski definition) is 0. The van der Waals surface area contributed by atoms with E-state index in [0.717, 1.165) is 23.0 Å². The zero-order valence-electron chi connectivity index (χ0n) is 16.7. The molecule has 4 unspecified atom stereocenters. The number of fused-ring (bicyclic) bond motifs is 2. The first-order valence-corrected chi connectivity index (χ1v) is 10.5. The van der Waals surface area contributed by atoms with Gasteiger partial charge in [0.05, 0.1) is 18.2 Å². The second-order valence-electron chi connectivity index (χ2n) is 7.82. The average Bonchev–Trinajstić information content (AvgIpc) is 3.40. The van der Waals surface area contributed by atoms with Crippen LogP contribution in [0, 0.1) is 24.7 Å². The molecule has 2 aliphatic rings. The van der Waals surface area contributed by atoms with Crippen LogP contribution in [0.1, 0.15) is 29.1 Å². The number of hydroxylamine groups is 2. The van der Waals surface area contributed by atoms with Crippen molar-refractivity contribution in [1.29, 1.82) is 0 Å². The van der Waals surface area contributed by atoms with Crippen LogP contribution in [0.2, 0.25) is 0 Å². The maximum absolute atomic E-state index is 12.3. The number of methoxy groups -OCH3 is 1. The fourth-order valence-corrected chi connectivity index (χ4v) is 5.05. The van der Waals surface area contributed by atoms with Gasteiger partial charge in [0.1, 0.15) is 23.5 Å². The van der Waals surface area contributed by atoms with Crippen molar-refractivity contribution in [2.24, 2.45) is 17.8 Å². The molecule has 6 nitrogen and oxygen atoms in total. The van der Waals surface area contributed by atoms with Crippen molar-refractivity contribution in [2.45, 2.75) is 26.9 Å². The number of rotatable bonds is 6. The number of ether oxygens (including phenoxy) is 2. The molecule has 1 aromatic heterocycles. The SMILES string of the molecule is COC(=O)c1cccc(OCC2ON3CC(C(C)C)C2C3)c1-c1ncc(C)s1. The largest absolute Gasteiger partial charge is 0.490 e. The van der Waals surface area contributed by atoms with Gasteiger partial charge in [-0.2, -0.15) is 5.06 Å². The molecular weight excluding hydrogens is 376 g/mol. The summed E-state index contributed by atoms with van der Waals surface area (Å²) in [6, 6.07) is 5.44. The molecule has 2 bridgehead atoms. The summed E-state index contributed by atoms with van der Waals surface area (Å²) < 4.78 is 11.2. The number of aryl methyl sites for hydroxylation is 1. The van der Waals surface area contributed by atoms with Crippen LogP contribution >= 0.6 is 11.3 Å². The summed E-state index contributed by atoms with van der Waals surface area (Å²) in [6.07, 6.45) is 1.84. The van der Waals surface area contributed by atoms with E-state index in [4.69, 9.17) is 14.3 Å². The number of thiazole rings is 1. The molecule has 0 amide bonds. The van der Waals surface area contributed by atoms with E-state index in [9.17, 15) is 4.79 Å². The third-order valence-corrected chi connectivity index (χ3v) is 6.60. The van der Waals surface area contributed by atoms with Crippen molar-refractivity contribution in [3.8, 4) is 16.3 Å². The fraction of sp³-hybridized carbons (Fsp3) is 0.524. The minimum Gasteiger partial charge on any atom is -0.490 e. The molecule has 4 atom stereocenters. The third kappa shape index (κ3) is 3.54. The van der Waals surface area contributed by atoms with E-state index in [1.807, 2.05) is 19.1 Å². The lowest BCUT2D eigenvalue weighted by Crippen LogP contribution is -2.38. The molecule has 3 heterocycles. The van der Waals surface area contributed by atoms with Crippen LogP contribution in [0.25, 0.3) is 10.6 Å². The topological polar surface area (TPSA) is 60.9 Å². The van der Waals surface area contributed by atoms with Crippen LogP contribution in [0.4, 0.5) is 0 Å². The molecule has 4 rings (SSSR count). The number of aromatic nitrogens is 1. The van der Waals surface area contributed by atoms with E-state index in [2.05, 4.69) is 23.9 Å². The Balaban J connectivity index is 1.59. The molecule has 1 aromatic carbocycles. The van der Waals surface area contributed by atoms with Crippen LogP contribution in [0.3, 0.4) is 0 Å². The van der Waals surface area contributed by atoms with Gasteiger partial charge in [0, 0.05) is 30.1 Å². The number of carbonyl (C=O) groups excluding carboxylic acids is 1. The molecule has 2 fully saturated rings. The van der Waals surface area contributed by atoms with Crippen LogP contribution in [0.15, 0.2) is 24.4 Å². The summed E-state index contributed by atoms with van der Waals surface area (Å²) >= 11 is 1.53. The number of nitrogens with zero attached hydrogens (tertiary/aromatic N) is 2. The van der Waals surface area contributed by atoms with Gasteiger partial charge in [-0.05, 0) is 30.9 Å². The van der Waals surface area contributed by atoms with Crippen molar-refractivity contribution in [3.63, 3.8) is 0 Å². The van der Waals surface area contributed by atoms with E-state index in [-0.39, 0.29) is 6.10 Å². The van der Waals surface area contributed by atoms with Gasteiger partial charge in [0.15, 0.2) is 0 Å². The van der Waals surface area contributed by atoms with Crippen molar-refractivity contribution in [3.05, 3.63) is 34.8 Å². The number of carbonyl (C=O) groups is 1. The second-order valence-corrected chi connectivity index (χ2v) is 9.05. The first-order valence-electron chi connectivity index (χ1n) is 9.66. The summed E-state index contributed by atoms with van der Waals surface area (Å²) in [7, 11) is 1.39. The smallest absolute Gasteiger partial charge is 0.338 e. The maximum Gasteiger partial charge on any atom is 0.338 e. The summed E-state index contributed by atoms with van der Waals surface area (Å²) in [5.41, 5.74) is 1.16. The first kappa shape index (κ1) is 19.4. The molecule has 0 saturated carbocycles. The lowest BCUT2D eigenvalue weighted by Gasteiger charge is -2.31. The van der Waals surface area contributed by atoms with Gasteiger partial charge in [-0.15, -0.1) is 11.3 Å². The Kier molecular flexibility index (Phi) is 5.40. The summed E-state index contributed by atoms with van der Waals surface area (Å²) in [5.74, 6) is 1.98. The number of benzene rings is 1. The quantitative estimate of drug-likeness (QED) is 0.685. The lowest BCUT2D eigenvalue weighted by atomic mass is 9.83. The molecule has 0 spiro atoms. The zero-order valence-corrected chi connectivity index (χ0v) is 17.5. The molecule has 0 radical (unpaired) electrons. The third-order valence-electron chi connectivity index (χ3n) is 5.67. The van der Waals surface area contributed by atoms with Gasteiger partial charge in [0.25, 0.3) is 0 Å². The normalized spacial score (nSPS) is 26.0. The van der Waals surface area contributed by atoms with E-state index >= 15 is 0 Å². The molecule has 2 saturated heterocycles. The Morgan fingerprint density at radius 1 is 1.39 bits per heavy atom. The highest BCUT2D eigenvalue weighted by molar-refractivity contribution is 7.15. The molecule has 0 N–H and O–H groups in total. The van der Waals surface area contributed by atoms with Crippen molar-refractivity contribution in [1.82, 2.24) is 10.0 Å². The number of hydrogen-bond acceptors (Lipinski definition) is 7. The fourth-order valence-electron chi connectivity index (χ4n) is 4.22. The summed E-state index contributed by atoms with van der Waals surface area (Å²) in [5, 5.41) is 2.82. The number of esters is 1. The molecule has 2 aromatic rings. The molecule has 150 valence electrons. The molecule has 2 aliphatic heterocycles. The monoisotopic (exact) mass is 402 g/mol. The molecule has 0 aliphatic carbocycles. The summed E-state index contributed by atoms with van der Waals surface area (Å²) in [6.45, 7) is 8.95. The van der Waals surface area contributed by atoms with E-state index in [0.29, 0.717) is 41.2 Å². The maximum atomic E-state index is 12.3. The predicted molar refractivity (Wildman–Crippen MR) is 107 cm³/mol. The standard InChI is InChI=1S/C21H26N2O4S/c1-12(2)15-9-23-10-16(15)18(27-23)11-26-17-7-5-6-14(21(24)25-4)19(17)20-22-8-13(3)28-20/h5-8,12,15-16,18H,9-11H2,1-4H3. The van der Waals surface area contributed by atoms with E-state index in [1.165, 1.54) is 18.4 Å². The highest BCUT2D eigenvalue weighted by Gasteiger charge is 2.47. The average molecular weight is 403 g/mol.